The van der Waals surface area contributed by atoms with Gasteiger partial charge in [0.1, 0.15) is 5.75 Å². The lowest BCUT2D eigenvalue weighted by molar-refractivity contribution is 0.0936. The fraction of sp³-hybridized carbons (Fsp3) is 0.409. The molecule has 2 aromatic carbocycles. The number of hydrogen-bond donors (Lipinski definition) is 1. The van der Waals surface area contributed by atoms with E-state index in [2.05, 4.69) is 5.32 Å². The molecule has 1 N–H and O–H groups in total. The maximum absolute atomic E-state index is 13.1. The Morgan fingerprint density at radius 3 is 2.31 bits per heavy atom. The van der Waals surface area contributed by atoms with Crippen molar-refractivity contribution >= 4 is 15.9 Å². The Morgan fingerprint density at radius 1 is 1.03 bits per heavy atom. The predicted molar refractivity (Wildman–Crippen MR) is 113 cm³/mol. The first-order valence-corrected chi connectivity index (χ1v) is 11.4. The molecule has 1 aliphatic heterocycles. The second kappa shape index (κ2) is 9.41. The molecular weight excluding hydrogens is 388 g/mol. The van der Waals surface area contributed by atoms with E-state index in [0.717, 1.165) is 31.2 Å². The third kappa shape index (κ3) is 4.97. The number of methoxy groups -OCH3 is 1. The number of amides is 1. The summed E-state index contributed by atoms with van der Waals surface area (Å²) in [7, 11) is -2.18. The van der Waals surface area contributed by atoms with Crippen LogP contribution in [0.4, 0.5) is 0 Å². The largest absolute Gasteiger partial charge is 0.496 e. The summed E-state index contributed by atoms with van der Waals surface area (Å²) in [5.41, 5.74) is 1.18. The van der Waals surface area contributed by atoms with Crippen LogP contribution in [0.3, 0.4) is 0 Å². The summed E-state index contributed by atoms with van der Waals surface area (Å²) < 4.78 is 33.1. The van der Waals surface area contributed by atoms with Crippen molar-refractivity contribution in [3.8, 4) is 5.75 Å². The summed E-state index contributed by atoms with van der Waals surface area (Å²) in [5, 5.41) is 2.93. The summed E-state index contributed by atoms with van der Waals surface area (Å²) in [6.07, 6.45) is 3.80. The molecule has 2 aromatic rings. The maximum atomic E-state index is 13.1. The molecule has 0 aliphatic carbocycles. The lowest BCUT2D eigenvalue weighted by Crippen LogP contribution is -2.32. The zero-order chi connectivity index (χ0) is 20.9. The van der Waals surface area contributed by atoms with E-state index in [4.69, 9.17) is 4.74 Å². The van der Waals surface area contributed by atoms with Crippen molar-refractivity contribution in [2.45, 2.75) is 43.5 Å². The summed E-state index contributed by atoms with van der Waals surface area (Å²) >= 11 is 0. The first-order valence-electron chi connectivity index (χ1n) is 9.97. The van der Waals surface area contributed by atoms with E-state index in [0.29, 0.717) is 18.8 Å². The van der Waals surface area contributed by atoms with Crippen molar-refractivity contribution in [2.24, 2.45) is 0 Å². The van der Waals surface area contributed by atoms with Gasteiger partial charge in [0.05, 0.1) is 23.6 Å². The van der Waals surface area contributed by atoms with Crippen LogP contribution in [-0.4, -0.2) is 38.8 Å². The highest BCUT2D eigenvalue weighted by Crippen LogP contribution is 2.27. The summed E-state index contributed by atoms with van der Waals surface area (Å²) in [4.78, 5) is 13.0. The monoisotopic (exact) mass is 416 g/mol. The standard InChI is InChI=1S/C22H28N2O4S/c1-17(18-10-6-5-7-11-18)23-22(25)20-16-19(12-13-21(20)28-2)29(26,27)24-14-8-3-4-9-15-24/h5-7,10-13,16-17H,3-4,8-9,14-15H2,1-2H3,(H,23,25). The zero-order valence-electron chi connectivity index (χ0n) is 16.9. The van der Waals surface area contributed by atoms with Gasteiger partial charge in [-0.15, -0.1) is 0 Å². The fourth-order valence-electron chi connectivity index (χ4n) is 3.56. The number of ether oxygens (including phenoxy) is 1. The van der Waals surface area contributed by atoms with E-state index in [-0.39, 0.29) is 22.4 Å². The van der Waals surface area contributed by atoms with Crippen LogP contribution < -0.4 is 10.1 Å². The molecule has 1 heterocycles. The minimum absolute atomic E-state index is 0.123. The Bertz CT molecular complexity index is 937. The van der Waals surface area contributed by atoms with Crippen molar-refractivity contribution in [2.75, 3.05) is 20.2 Å². The van der Waals surface area contributed by atoms with E-state index in [1.54, 1.807) is 6.07 Å². The van der Waals surface area contributed by atoms with E-state index in [1.807, 2.05) is 37.3 Å². The molecule has 0 bridgehead atoms. The van der Waals surface area contributed by atoms with Gasteiger partial charge in [0, 0.05) is 13.1 Å². The van der Waals surface area contributed by atoms with Gasteiger partial charge in [-0.2, -0.15) is 4.31 Å². The van der Waals surface area contributed by atoms with Crippen molar-refractivity contribution in [3.05, 3.63) is 59.7 Å². The second-order valence-electron chi connectivity index (χ2n) is 7.29. The third-order valence-corrected chi connectivity index (χ3v) is 7.16. The quantitative estimate of drug-likeness (QED) is 0.778. The Hall–Kier alpha value is -2.38. The van der Waals surface area contributed by atoms with Gasteiger partial charge in [-0.25, -0.2) is 8.42 Å². The van der Waals surface area contributed by atoms with Crippen LogP contribution in [0.5, 0.6) is 5.75 Å². The fourth-order valence-corrected chi connectivity index (χ4v) is 5.10. The van der Waals surface area contributed by atoms with Crippen LogP contribution >= 0.6 is 0 Å². The van der Waals surface area contributed by atoms with Gasteiger partial charge in [0.25, 0.3) is 5.91 Å². The molecule has 1 amide bonds. The second-order valence-corrected chi connectivity index (χ2v) is 9.22. The predicted octanol–water partition coefficient (Wildman–Crippen LogP) is 3.75. The van der Waals surface area contributed by atoms with Crippen LogP contribution in [0, 0.1) is 0 Å². The van der Waals surface area contributed by atoms with Crippen LogP contribution in [0.15, 0.2) is 53.4 Å². The smallest absolute Gasteiger partial charge is 0.255 e. The van der Waals surface area contributed by atoms with Gasteiger partial charge >= 0.3 is 0 Å². The molecule has 6 nitrogen and oxygen atoms in total. The summed E-state index contributed by atoms with van der Waals surface area (Å²) in [6.45, 7) is 2.92. The minimum Gasteiger partial charge on any atom is -0.496 e. The summed E-state index contributed by atoms with van der Waals surface area (Å²) in [6, 6.07) is 13.9. The average molecular weight is 417 g/mol. The molecule has 1 saturated heterocycles. The highest BCUT2D eigenvalue weighted by Gasteiger charge is 2.27. The molecule has 1 unspecified atom stereocenters. The average Bonchev–Trinajstić information content (AvgIpc) is 3.04. The number of sulfonamides is 1. The van der Waals surface area contributed by atoms with Crippen molar-refractivity contribution in [3.63, 3.8) is 0 Å². The first kappa shape index (κ1) is 21.3. The first-order chi connectivity index (χ1) is 13.9. The molecule has 29 heavy (non-hydrogen) atoms. The van der Waals surface area contributed by atoms with Gasteiger partial charge < -0.3 is 10.1 Å². The highest BCUT2D eigenvalue weighted by atomic mass is 32.2. The molecule has 1 atom stereocenters. The molecule has 1 fully saturated rings. The van der Waals surface area contributed by atoms with Crippen LogP contribution in [0.1, 0.15) is 54.6 Å². The van der Waals surface area contributed by atoms with E-state index in [1.165, 1.54) is 23.5 Å². The minimum atomic E-state index is -3.65. The van der Waals surface area contributed by atoms with Crippen molar-refractivity contribution in [1.82, 2.24) is 9.62 Å². The molecular formula is C22H28N2O4S. The zero-order valence-corrected chi connectivity index (χ0v) is 17.7. The van der Waals surface area contributed by atoms with Crippen LogP contribution in [0.2, 0.25) is 0 Å². The molecule has 156 valence electrons. The molecule has 7 heteroatoms. The Kier molecular flexibility index (Phi) is 6.92. The lowest BCUT2D eigenvalue weighted by Gasteiger charge is -2.21. The molecule has 0 aromatic heterocycles. The Morgan fingerprint density at radius 2 is 1.69 bits per heavy atom. The van der Waals surface area contributed by atoms with E-state index >= 15 is 0 Å². The molecule has 1 aliphatic rings. The number of hydrogen-bond acceptors (Lipinski definition) is 4. The maximum Gasteiger partial charge on any atom is 0.255 e. The van der Waals surface area contributed by atoms with Crippen molar-refractivity contribution in [1.29, 1.82) is 0 Å². The Labute approximate surface area is 172 Å². The molecule has 0 saturated carbocycles. The highest BCUT2D eigenvalue weighted by molar-refractivity contribution is 7.89. The summed E-state index contributed by atoms with van der Waals surface area (Å²) in [5.74, 6) is -0.0244. The van der Waals surface area contributed by atoms with Crippen LogP contribution in [0.25, 0.3) is 0 Å². The number of carbonyl (C=O) groups is 1. The van der Waals surface area contributed by atoms with Gasteiger partial charge in [0.15, 0.2) is 0 Å². The number of nitrogens with one attached hydrogen (secondary N) is 1. The van der Waals surface area contributed by atoms with E-state index in [9.17, 15) is 13.2 Å². The topological polar surface area (TPSA) is 75.7 Å². The Balaban J connectivity index is 1.87. The SMILES string of the molecule is COc1ccc(S(=O)(=O)N2CCCCCC2)cc1C(=O)NC(C)c1ccccc1. The normalized spacial score (nSPS) is 16.6. The van der Waals surface area contributed by atoms with Gasteiger partial charge in [-0.3, -0.25) is 4.79 Å². The van der Waals surface area contributed by atoms with Crippen molar-refractivity contribution < 1.29 is 17.9 Å². The number of rotatable bonds is 6. The van der Waals surface area contributed by atoms with Gasteiger partial charge in [-0.1, -0.05) is 43.2 Å². The third-order valence-electron chi connectivity index (χ3n) is 5.27. The lowest BCUT2D eigenvalue weighted by atomic mass is 10.1. The van der Waals surface area contributed by atoms with E-state index < -0.39 is 10.0 Å². The molecule has 0 spiro atoms. The number of carbonyl (C=O) groups excluding carboxylic acids is 1. The van der Waals surface area contributed by atoms with Gasteiger partial charge in [0.2, 0.25) is 10.0 Å². The van der Waals surface area contributed by atoms with Gasteiger partial charge in [-0.05, 0) is 43.5 Å². The number of nitrogens with zero attached hydrogens (tertiary/aromatic N) is 1. The molecule has 3 rings (SSSR count). The molecule has 0 radical (unpaired) electrons. The van der Waals surface area contributed by atoms with Crippen LogP contribution in [-0.2, 0) is 10.0 Å². The number of benzene rings is 2.